The fourth-order valence-corrected chi connectivity index (χ4v) is 2.98. The molecule has 0 aliphatic rings. The Hall–Kier alpha value is -1.39. The standard InChI is InChI=1S/C16H23ClN4/c1-5-13-15(17)14(21(6-2)20-13)8-12(18)16-11(4)7-10(3)9-19-16/h7,9,12H,5-6,8,18H2,1-4H3. The number of nitrogens with two attached hydrogens (primary N) is 1. The van der Waals surface area contributed by atoms with Crippen molar-refractivity contribution in [2.75, 3.05) is 0 Å². The van der Waals surface area contributed by atoms with Crippen molar-refractivity contribution >= 4 is 11.6 Å². The van der Waals surface area contributed by atoms with Gasteiger partial charge >= 0.3 is 0 Å². The number of hydrogen-bond donors (Lipinski definition) is 1. The Balaban J connectivity index is 2.31. The van der Waals surface area contributed by atoms with E-state index in [2.05, 4.69) is 30.0 Å². The molecule has 114 valence electrons. The number of nitrogens with zero attached hydrogens (tertiary/aromatic N) is 3. The highest BCUT2D eigenvalue weighted by Gasteiger charge is 2.19. The SMILES string of the molecule is CCc1nn(CC)c(CC(N)c2ncc(C)cc2C)c1Cl. The molecule has 2 rings (SSSR count). The highest BCUT2D eigenvalue weighted by molar-refractivity contribution is 6.31. The molecule has 0 aliphatic carbocycles. The van der Waals surface area contributed by atoms with Crippen LogP contribution in [-0.2, 0) is 19.4 Å². The summed E-state index contributed by atoms with van der Waals surface area (Å²) in [5.41, 5.74) is 11.5. The van der Waals surface area contributed by atoms with Crippen LogP contribution in [0.3, 0.4) is 0 Å². The molecule has 5 heteroatoms. The predicted molar refractivity (Wildman–Crippen MR) is 86.6 cm³/mol. The maximum Gasteiger partial charge on any atom is 0.0850 e. The van der Waals surface area contributed by atoms with E-state index in [9.17, 15) is 0 Å². The molecule has 0 spiro atoms. The lowest BCUT2D eigenvalue weighted by Gasteiger charge is -2.15. The molecule has 0 radical (unpaired) electrons. The van der Waals surface area contributed by atoms with Crippen molar-refractivity contribution in [3.8, 4) is 0 Å². The Morgan fingerprint density at radius 1 is 1.33 bits per heavy atom. The van der Waals surface area contributed by atoms with Crippen molar-refractivity contribution in [1.82, 2.24) is 14.8 Å². The molecule has 2 N–H and O–H groups in total. The van der Waals surface area contributed by atoms with Gasteiger partial charge in [-0.3, -0.25) is 9.67 Å². The molecule has 0 saturated carbocycles. The van der Waals surface area contributed by atoms with Crippen LogP contribution in [0.4, 0.5) is 0 Å². The van der Waals surface area contributed by atoms with Gasteiger partial charge in [0.05, 0.1) is 28.1 Å². The number of halogens is 1. The zero-order chi connectivity index (χ0) is 15.6. The van der Waals surface area contributed by atoms with Crippen LogP contribution in [0.5, 0.6) is 0 Å². The van der Waals surface area contributed by atoms with Gasteiger partial charge in [0.2, 0.25) is 0 Å². The zero-order valence-electron chi connectivity index (χ0n) is 13.2. The molecule has 2 heterocycles. The summed E-state index contributed by atoms with van der Waals surface area (Å²) in [5, 5.41) is 5.29. The largest absolute Gasteiger partial charge is 0.322 e. The van der Waals surface area contributed by atoms with Crippen LogP contribution in [0.2, 0.25) is 5.02 Å². The van der Waals surface area contributed by atoms with Gasteiger partial charge in [-0.2, -0.15) is 5.10 Å². The van der Waals surface area contributed by atoms with Crippen LogP contribution in [0.25, 0.3) is 0 Å². The van der Waals surface area contributed by atoms with Crippen LogP contribution in [-0.4, -0.2) is 14.8 Å². The Bertz CT molecular complexity index is 633. The molecule has 21 heavy (non-hydrogen) atoms. The monoisotopic (exact) mass is 306 g/mol. The van der Waals surface area contributed by atoms with Gasteiger partial charge in [-0.15, -0.1) is 0 Å². The average Bonchev–Trinajstić information content (AvgIpc) is 2.75. The van der Waals surface area contributed by atoms with Crippen LogP contribution in [0.15, 0.2) is 12.3 Å². The van der Waals surface area contributed by atoms with Gasteiger partial charge in [0, 0.05) is 19.2 Å². The second-order valence-electron chi connectivity index (χ2n) is 5.40. The summed E-state index contributed by atoms with van der Waals surface area (Å²) >= 11 is 6.45. The Kier molecular flexibility index (Phi) is 5.01. The third kappa shape index (κ3) is 3.27. The van der Waals surface area contributed by atoms with E-state index >= 15 is 0 Å². The fraction of sp³-hybridized carbons (Fsp3) is 0.500. The van der Waals surface area contributed by atoms with E-state index in [0.29, 0.717) is 6.42 Å². The molecule has 0 bridgehead atoms. The molecule has 0 aromatic carbocycles. The lowest BCUT2D eigenvalue weighted by Crippen LogP contribution is -2.18. The van der Waals surface area contributed by atoms with Gasteiger partial charge < -0.3 is 5.73 Å². The number of rotatable bonds is 5. The number of pyridine rings is 1. The summed E-state index contributed by atoms with van der Waals surface area (Å²) in [7, 11) is 0. The van der Waals surface area contributed by atoms with E-state index in [-0.39, 0.29) is 6.04 Å². The topological polar surface area (TPSA) is 56.7 Å². The molecule has 1 atom stereocenters. The fourth-order valence-electron chi connectivity index (χ4n) is 2.63. The van der Waals surface area contributed by atoms with Gasteiger partial charge in [-0.25, -0.2) is 0 Å². The van der Waals surface area contributed by atoms with E-state index in [1.54, 1.807) is 0 Å². The first-order valence-electron chi connectivity index (χ1n) is 7.40. The number of hydrogen-bond acceptors (Lipinski definition) is 3. The first kappa shape index (κ1) is 16.0. The van der Waals surface area contributed by atoms with E-state index in [4.69, 9.17) is 17.3 Å². The highest BCUT2D eigenvalue weighted by Crippen LogP contribution is 2.26. The molecule has 0 fully saturated rings. The molecule has 4 nitrogen and oxygen atoms in total. The van der Waals surface area contributed by atoms with E-state index < -0.39 is 0 Å². The molecule has 0 aliphatic heterocycles. The van der Waals surface area contributed by atoms with Crippen LogP contribution >= 0.6 is 11.6 Å². The van der Waals surface area contributed by atoms with E-state index in [1.165, 1.54) is 0 Å². The third-order valence-electron chi connectivity index (χ3n) is 3.71. The Morgan fingerprint density at radius 2 is 2.05 bits per heavy atom. The van der Waals surface area contributed by atoms with Gasteiger partial charge in [-0.05, 0) is 38.3 Å². The van der Waals surface area contributed by atoms with Gasteiger partial charge in [0.15, 0.2) is 0 Å². The maximum atomic E-state index is 6.45. The first-order valence-corrected chi connectivity index (χ1v) is 7.78. The molecular weight excluding hydrogens is 284 g/mol. The van der Waals surface area contributed by atoms with Crippen LogP contribution in [0.1, 0.15) is 48.1 Å². The van der Waals surface area contributed by atoms with Gasteiger partial charge in [0.25, 0.3) is 0 Å². The normalized spacial score (nSPS) is 12.7. The molecule has 1 unspecified atom stereocenters. The van der Waals surface area contributed by atoms with E-state index in [1.807, 2.05) is 24.7 Å². The first-order chi connectivity index (χ1) is 9.97. The highest BCUT2D eigenvalue weighted by atomic mass is 35.5. The molecule has 2 aromatic heterocycles. The van der Waals surface area contributed by atoms with Gasteiger partial charge in [0.1, 0.15) is 0 Å². The minimum absolute atomic E-state index is 0.171. The minimum atomic E-state index is -0.171. The summed E-state index contributed by atoms with van der Waals surface area (Å²) in [6.07, 6.45) is 3.34. The van der Waals surface area contributed by atoms with E-state index in [0.717, 1.165) is 46.2 Å². The van der Waals surface area contributed by atoms with Crippen LogP contribution in [0, 0.1) is 13.8 Å². The predicted octanol–water partition coefficient (Wildman–Crippen LogP) is 3.37. The van der Waals surface area contributed by atoms with Crippen molar-refractivity contribution in [3.63, 3.8) is 0 Å². The van der Waals surface area contributed by atoms with Gasteiger partial charge in [-0.1, -0.05) is 24.6 Å². The number of aryl methyl sites for hydroxylation is 4. The smallest absolute Gasteiger partial charge is 0.0850 e. The quantitative estimate of drug-likeness (QED) is 0.921. The summed E-state index contributed by atoms with van der Waals surface area (Å²) in [5.74, 6) is 0. The lowest BCUT2D eigenvalue weighted by atomic mass is 10.0. The lowest BCUT2D eigenvalue weighted by molar-refractivity contribution is 0.579. The summed E-state index contributed by atoms with van der Waals surface area (Å²) < 4.78 is 1.95. The summed E-state index contributed by atoms with van der Waals surface area (Å²) in [6, 6.07) is 1.94. The molecule has 0 saturated heterocycles. The van der Waals surface area contributed by atoms with Crippen molar-refractivity contribution in [1.29, 1.82) is 0 Å². The molecule has 2 aromatic rings. The summed E-state index contributed by atoms with van der Waals surface area (Å²) in [6.45, 7) is 9.00. The second kappa shape index (κ2) is 6.58. The Morgan fingerprint density at radius 3 is 2.62 bits per heavy atom. The molecule has 0 amide bonds. The summed E-state index contributed by atoms with van der Waals surface area (Å²) in [4.78, 5) is 4.49. The number of aromatic nitrogens is 3. The van der Waals surface area contributed by atoms with Crippen molar-refractivity contribution < 1.29 is 0 Å². The molecular formula is C16H23ClN4. The van der Waals surface area contributed by atoms with Crippen molar-refractivity contribution in [3.05, 3.63) is 45.5 Å². The van der Waals surface area contributed by atoms with Crippen molar-refractivity contribution in [2.45, 2.75) is 53.1 Å². The Labute approximate surface area is 131 Å². The third-order valence-corrected chi connectivity index (χ3v) is 4.15. The zero-order valence-corrected chi connectivity index (χ0v) is 13.9. The van der Waals surface area contributed by atoms with Crippen molar-refractivity contribution in [2.24, 2.45) is 5.73 Å². The second-order valence-corrected chi connectivity index (χ2v) is 5.78. The van der Waals surface area contributed by atoms with Crippen LogP contribution < -0.4 is 5.73 Å². The maximum absolute atomic E-state index is 6.45. The minimum Gasteiger partial charge on any atom is -0.322 e. The average molecular weight is 307 g/mol.